The van der Waals surface area contributed by atoms with Gasteiger partial charge in [0.25, 0.3) is 0 Å². The number of hydrogen-bond donors (Lipinski definition) is 1. The Kier molecular flexibility index (Phi) is 4.79. The zero-order valence-electron chi connectivity index (χ0n) is 12.5. The van der Waals surface area contributed by atoms with E-state index in [1.165, 1.54) is 11.5 Å². The summed E-state index contributed by atoms with van der Waals surface area (Å²) in [5, 5.41) is 7.00. The van der Waals surface area contributed by atoms with Gasteiger partial charge in [-0.3, -0.25) is 4.68 Å². The molecule has 7 nitrogen and oxygen atoms in total. The number of amides is 2. The molecule has 0 aliphatic rings. The lowest BCUT2D eigenvalue weighted by molar-refractivity contribution is 0.221. The molecule has 2 heterocycles. The SMILES string of the molecule is COc1cc(CN(C)C(=O)Nc2cnn(C(C)C)c2)sn1. The number of urea groups is 1. The molecule has 0 radical (unpaired) electrons. The van der Waals surface area contributed by atoms with Crippen molar-refractivity contribution in [2.45, 2.75) is 26.4 Å². The van der Waals surface area contributed by atoms with Gasteiger partial charge in [0.2, 0.25) is 5.88 Å². The molecule has 1 N–H and O–H groups in total. The lowest BCUT2D eigenvalue weighted by atomic mass is 10.4. The molecule has 2 rings (SSSR count). The second-order valence-corrected chi connectivity index (χ2v) is 5.81. The van der Waals surface area contributed by atoms with Gasteiger partial charge >= 0.3 is 6.03 Å². The zero-order chi connectivity index (χ0) is 15.4. The van der Waals surface area contributed by atoms with Gasteiger partial charge in [-0.15, -0.1) is 0 Å². The van der Waals surface area contributed by atoms with Crippen LogP contribution in [0.25, 0.3) is 0 Å². The molecular formula is C13H19N5O2S. The number of aromatic nitrogens is 3. The molecule has 2 aromatic rings. The first-order chi connectivity index (χ1) is 9.99. The van der Waals surface area contributed by atoms with Crippen molar-refractivity contribution in [2.24, 2.45) is 0 Å². The fourth-order valence-electron chi connectivity index (χ4n) is 1.67. The molecular weight excluding hydrogens is 290 g/mol. The highest BCUT2D eigenvalue weighted by Crippen LogP contribution is 2.18. The number of carbonyl (C=O) groups excluding carboxylic acids is 1. The number of rotatable bonds is 5. The molecule has 114 valence electrons. The van der Waals surface area contributed by atoms with Gasteiger partial charge in [0.1, 0.15) is 0 Å². The van der Waals surface area contributed by atoms with E-state index >= 15 is 0 Å². The minimum atomic E-state index is -0.189. The number of nitrogens with one attached hydrogen (secondary N) is 1. The Bertz CT molecular complexity index is 607. The third kappa shape index (κ3) is 3.94. The van der Waals surface area contributed by atoms with E-state index < -0.39 is 0 Å². The minimum absolute atomic E-state index is 0.189. The first-order valence-electron chi connectivity index (χ1n) is 6.55. The average molecular weight is 309 g/mol. The highest BCUT2D eigenvalue weighted by atomic mass is 32.1. The van der Waals surface area contributed by atoms with Crippen LogP contribution in [0.4, 0.5) is 10.5 Å². The van der Waals surface area contributed by atoms with Gasteiger partial charge in [0, 0.05) is 30.2 Å². The molecule has 0 aliphatic heterocycles. The number of methoxy groups -OCH3 is 1. The minimum Gasteiger partial charge on any atom is -0.480 e. The van der Waals surface area contributed by atoms with Crippen molar-refractivity contribution in [1.29, 1.82) is 0 Å². The van der Waals surface area contributed by atoms with E-state index in [9.17, 15) is 4.79 Å². The van der Waals surface area contributed by atoms with Crippen molar-refractivity contribution in [3.63, 3.8) is 0 Å². The van der Waals surface area contributed by atoms with E-state index in [1.807, 2.05) is 26.1 Å². The molecule has 2 amide bonds. The highest BCUT2D eigenvalue weighted by molar-refractivity contribution is 7.05. The standard InChI is InChI=1S/C13H19N5O2S/c1-9(2)18-7-10(6-14-18)15-13(19)17(3)8-11-5-12(20-4)16-21-11/h5-7,9H,8H2,1-4H3,(H,15,19). The van der Waals surface area contributed by atoms with Gasteiger partial charge in [0.05, 0.1) is 25.5 Å². The predicted molar refractivity (Wildman–Crippen MR) is 81.8 cm³/mol. The van der Waals surface area contributed by atoms with Crippen LogP contribution in [0, 0.1) is 0 Å². The van der Waals surface area contributed by atoms with Crippen molar-refractivity contribution >= 4 is 23.3 Å². The molecule has 8 heteroatoms. The van der Waals surface area contributed by atoms with E-state index in [0.717, 1.165) is 4.88 Å². The Balaban J connectivity index is 1.92. The van der Waals surface area contributed by atoms with Crippen LogP contribution in [0.5, 0.6) is 5.88 Å². The number of nitrogens with zero attached hydrogens (tertiary/aromatic N) is 4. The first-order valence-corrected chi connectivity index (χ1v) is 7.32. The maximum atomic E-state index is 12.1. The Labute approximate surface area is 127 Å². The summed E-state index contributed by atoms with van der Waals surface area (Å²) in [4.78, 5) is 14.6. The van der Waals surface area contributed by atoms with E-state index in [0.29, 0.717) is 18.1 Å². The van der Waals surface area contributed by atoms with Gasteiger partial charge < -0.3 is 15.0 Å². The van der Waals surface area contributed by atoms with Crippen molar-refractivity contribution in [1.82, 2.24) is 19.1 Å². The highest BCUT2D eigenvalue weighted by Gasteiger charge is 2.13. The summed E-state index contributed by atoms with van der Waals surface area (Å²) < 4.78 is 10.9. The number of carbonyl (C=O) groups is 1. The maximum Gasteiger partial charge on any atom is 0.322 e. The monoisotopic (exact) mass is 309 g/mol. The van der Waals surface area contributed by atoms with Crippen molar-refractivity contribution in [2.75, 3.05) is 19.5 Å². The summed E-state index contributed by atoms with van der Waals surface area (Å²) in [5.74, 6) is 0.571. The molecule has 0 bridgehead atoms. The molecule has 0 unspecified atom stereocenters. The Hall–Kier alpha value is -2.09. The molecule has 0 saturated carbocycles. The summed E-state index contributed by atoms with van der Waals surface area (Å²) in [6, 6.07) is 1.90. The molecule has 0 saturated heterocycles. The van der Waals surface area contributed by atoms with E-state index in [2.05, 4.69) is 14.8 Å². The summed E-state index contributed by atoms with van der Waals surface area (Å²) in [6.45, 7) is 4.54. The lowest BCUT2D eigenvalue weighted by Crippen LogP contribution is -2.30. The lowest BCUT2D eigenvalue weighted by Gasteiger charge is -2.16. The topological polar surface area (TPSA) is 72.3 Å². The first kappa shape index (κ1) is 15.3. The molecule has 0 fully saturated rings. The fourth-order valence-corrected chi connectivity index (χ4v) is 2.41. The molecule has 0 aromatic carbocycles. The van der Waals surface area contributed by atoms with Crippen LogP contribution in [-0.2, 0) is 6.54 Å². The Morgan fingerprint density at radius 3 is 2.90 bits per heavy atom. The number of hydrogen-bond acceptors (Lipinski definition) is 5. The van der Waals surface area contributed by atoms with Crippen LogP contribution in [0.1, 0.15) is 24.8 Å². The molecule has 2 aromatic heterocycles. The van der Waals surface area contributed by atoms with Crippen LogP contribution >= 0.6 is 11.5 Å². The summed E-state index contributed by atoms with van der Waals surface area (Å²) >= 11 is 1.32. The van der Waals surface area contributed by atoms with Gasteiger partial charge in [-0.2, -0.15) is 9.47 Å². The van der Waals surface area contributed by atoms with Crippen molar-refractivity contribution in [3.05, 3.63) is 23.3 Å². The second-order valence-electron chi connectivity index (χ2n) is 4.92. The van der Waals surface area contributed by atoms with Gasteiger partial charge in [0.15, 0.2) is 0 Å². The largest absolute Gasteiger partial charge is 0.480 e. The summed E-state index contributed by atoms with van der Waals surface area (Å²) in [7, 11) is 3.30. The van der Waals surface area contributed by atoms with Gasteiger partial charge in [-0.1, -0.05) is 0 Å². The van der Waals surface area contributed by atoms with Crippen LogP contribution < -0.4 is 10.1 Å². The summed E-state index contributed by atoms with van der Waals surface area (Å²) in [6.07, 6.45) is 3.45. The van der Waals surface area contributed by atoms with Crippen LogP contribution in [0.2, 0.25) is 0 Å². The normalized spacial score (nSPS) is 10.7. The third-order valence-corrected chi connectivity index (χ3v) is 3.62. The predicted octanol–water partition coefficient (Wildman–Crippen LogP) is 2.59. The van der Waals surface area contributed by atoms with Crippen LogP contribution in [-0.4, -0.2) is 39.2 Å². The van der Waals surface area contributed by atoms with Crippen molar-refractivity contribution < 1.29 is 9.53 Å². The number of ether oxygens (including phenoxy) is 1. The molecule has 0 spiro atoms. The smallest absolute Gasteiger partial charge is 0.322 e. The molecule has 21 heavy (non-hydrogen) atoms. The maximum absolute atomic E-state index is 12.1. The van der Waals surface area contributed by atoms with Crippen molar-refractivity contribution in [3.8, 4) is 5.88 Å². The second kappa shape index (κ2) is 6.57. The Morgan fingerprint density at radius 1 is 1.57 bits per heavy atom. The Morgan fingerprint density at radius 2 is 2.33 bits per heavy atom. The van der Waals surface area contributed by atoms with E-state index in [1.54, 1.807) is 29.9 Å². The van der Waals surface area contributed by atoms with E-state index in [4.69, 9.17) is 4.74 Å². The third-order valence-electron chi connectivity index (χ3n) is 2.87. The fraction of sp³-hybridized carbons (Fsp3) is 0.462. The van der Waals surface area contributed by atoms with E-state index in [-0.39, 0.29) is 12.1 Å². The molecule has 0 atom stereocenters. The number of anilines is 1. The quantitative estimate of drug-likeness (QED) is 0.921. The molecule has 0 aliphatic carbocycles. The summed E-state index contributed by atoms with van der Waals surface area (Å²) in [5.41, 5.74) is 0.683. The van der Waals surface area contributed by atoms with Gasteiger partial charge in [-0.25, -0.2) is 4.79 Å². The van der Waals surface area contributed by atoms with Gasteiger partial charge in [-0.05, 0) is 25.4 Å². The average Bonchev–Trinajstić information content (AvgIpc) is 3.07. The zero-order valence-corrected chi connectivity index (χ0v) is 13.3. The van der Waals surface area contributed by atoms with Crippen LogP contribution in [0.3, 0.4) is 0 Å². The van der Waals surface area contributed by atoms with Crippen LogP contribution in [0.15, 0.2) is 18.5 Å².